The van der Waals surface area contributed by atoms with Crippen molar-refractivity contribution >= 4 is 21.8 Å². The molecule has 0 aliphatic rings. The fourth-order valence-electron chi connectivity index (χ4n) is 5.90. The molecule has 0 spiro atoms. The molecule has 0 saturated carbocycles. The number of ether oxygens (including phenoxy) is 1. The van der Waals surface area contributed by atoms with Crippen molar-refractivity contribution in [3.05, 3.63) is 132 Å². The highest BCUT2D eigenvalue weighted by atomic mass is 19.3. The van der Waals surface area contributed by atoms with Gasteiger partial charge in [-0.1, -0.05) is 24.3 Å². The summed E-state index contributed by atoms with van der Waals surface area (Å²) < 4.78 is 36.9. The van der Waals surface area contributed by atoms with Gasteiger partial charge in [0, 0.05) is 46.4 Å². The second-order valence-corrected chi connectivity index (χ2v) is 10.8. The number of rotatable bonds is 6. The van der Waals surface area contributed by atoms with Gasteiger partial charge < -0.3 is 4.74 Å². The third-order valence-electron chi connectivity index (χ3n) is 7.77. The number of hydrogen-bond donors (Lipinski definition) is 0. The van der Waals surface area contributed by atoms with Crippen LogP contribution in [-0.4, -0.2) is 19.3 Å². The molecule has 43 heavy (non-hydrogen) atoms. The molecule has 7 rings (SSSR count). The van der Waals surface area contributed by atoms with Crippen molar-refractivity contribution in [3.63, 3.8) is 0 Å². The fourth-order valence-corrected chi connectivity index (χ4v) is 5.90. The highest BCUT2D eigenvalue weighted by molar-refractivity contribution is 6.09. The number of fused-ring (bicyclic) bond motifs is 3. The van der Waals surface area contributed by atoms with Gasteiger partial charge in [0.05, 0.1) is 22.9 Å². The Bertz CT molecular complexity index is 2120. The van der Waals surface area contributed by atoms with Gasteiger partial charge in [0.2, 0.25) is 0 Å². The van der Waals surface area contributed by atoms with Crippen LogP contribution in [0.15, 0.2) is 110 Å². The summed E-state index contributed by atoms with van der Waals surface area (Å²) in [5.41, 5.74) is 7.44. The number of benzene rings is 4. The van der Waals surface area contributed by atoms with Crippen LogP contribution in [0.2, 0.25) is 0 Å². The summed E-state index contributed by atoms with van der Waals surface area (Å²) in [6, 6.07) is 29.3. The van der Waals surface area contributed by atoms with E-state index in [-0.39, 0.29) is 5.56 Å². The molecule has 7 heteroatoms. The number of alkyl halides is 2. The molecular formula is C36H28F2N4O. The molecule has 0 saturated heterocycles. The Morgan fingerprint density at radius 2 is 1.51 bits per heavy atom. The number of hydrogen-bond acceptors (Lipinski definition) is 3. The Hall–Kier alpha value is -5.30. The largest absolute Gasteiger partial charge is 0.457 e. The predicted molar refractivity (Wildman–Crippen MR) is 167 cm³/mol. The highest BCUT2D eigenvalue weighted by Gasteiger charge is 2.16. The van der Waals surface area contributed by atoms with E-state index in [1.807, 2.05) is 80.8 Å². The van der Waals surface area contributed by atoms with E-state index in [9.17, 15) is 8.78 Å². The first-order valence-corrected chi connectivity index (χ1v) is 14.0. The maximum Gasteiger partial charge on any atom is 0.263 e. The van der Waals surface area contributed by atoms with Crippen molar-refractivity contribution < 1.29 is 13.5 Å². The van der Waals surface area contributed by atoms with Crippen LogP contribution < -0.4 is 4.74 Å². The van der Waals surface area contributed by atoms with Crippen LogP contribution >= 0.6 is 0 Å². The SMILES string of the molecule is Cc1ccnc(-n2c3ccccc3c3ccc(Oc4cccc(-n5cc(-c6c(C)cc(C(F)F)cc6C)cn5)c4)cc32)c1. The minimum absolute atomic E-state index is 0.0321. The van der Waals surface area contributed by atoms with Gasteiger partial charge in [-0.05, 0) is 97.6 Å². The highest BCUT2D eigenvalue weighted by Crippen LogP contribution is 2.36. The molecule has 0 atom stereocenters. The monoisotopic (exact) mass is 570 g/mol. The third kappa shape index (κ3) is 4.83. The topological polar surface area (TPSA) is 44.9 Å². The van der Waals surface area contributed by atoms with E-state index in [4.69, 9.17) is 4.74 Å². The number of aromatic nitrogens is 4. The molecule has 0 aliphatic carbocycles. The molecule has 0 radical (unpaired) electrons. The average Bonchev–Trinajstić information content (AvgIpc) is 3.60. The third-order valence-corrected chi connectivity index (χ3v) is 7.77. The van der Waals surface area contributed by atoms with Gasteiger partial charge in [0.25, 0.3) is 6.43 Å². The van der Waals surface area contributed by atoms with Crippen LogP contribution in [0.25, 0.3) is 44.4 Å². The Morgan fingerprint density at radius 1 is 0.744 bits per heavy atom. The Morgan fingerprint density at radius 3 is 2.30 bits per heavy atom. The first-order valence-electron chi connectivity index (χ1n) is 14.0. The van der Waals surface area contributed by atoms with Crippen molar-refractivity contribution in [2.45, 2.75) is 27.2 Å². The minimum Gasteiger partial charge on any atom is -0.457 e. The van der Waals surface area contributed by atoms with E-state index in [1.54, 1.807) is 23.0 Å². The van der Waals surface area contributed by atoms with Crippen molar-refractivity contribution in [1.82, 2.24) is 19.3 Å². The molecule has 5 nitrogen and oxygen atoms in total. The summed E-state index contributed by atoms with van der Waals surface area (Å²) in [4.78, 5) is 4.67. The lowest BCUT2D eigenvalue weighted by molar-refractivity contribution is 0.151. The average molecular weight is 571 g/mol. The number of pyridine rings is 1. The Kier molecular flexibility index (Phi) is 6.50. The number of para-hydroxylation sites is 1. The van der Waals surface area contributed by atoms with Gasteiger partial charge >= 0.3 is 0 Å². The lowest BCUT2D eigenvalue weighted by Crippen LogP contribution is -1.97. The first-order chi connectivity index (χ1) is 20.9. The van der Waals surface area contributed by atoms with Gasteiger partial charge in [0.1, 0.15) is 17.3 Å². The van der Waals surface area contributed by atoms with E-state index >= 15 is 0 Å². The molecule has 7 aromatic rings. The second kappa shape index (κ2) is 10.5. The fraction of sp³-hybridized carbons (Fsp3) is 0.111. The molecule has 212 valence electrons. The summed E-state index contributed by atoms with van der Waals surface area (Å²) in [6.45, 7) is 5.77. The molecular weight excluding hydrogens is 542 g/mol. The summed E-state index contributed by atoms with van der Waals surface area (Å²) in [5, 5.41) is 6.84. The zero-order valence-corrected chi connectivity index (χ0v) is 23.9. The Labute approximate surface area is 247 Å². The lowest BCUT2D eigenvalue weighted by Gasteiger charge is -2.11. The van der Waals surface area contributed by atoms with Crippen LogP contribution in [-0.2, 0) is 0 Å². The standard InChI is InChI=1S/C36H28F2N4O/c1-22-13-14-39-34(15-22)42-32-10-5-4-9-30(32)31-12-11-29(19-33(31)42)43-28-8-6-7-27(18-28)41-21-26(20-40-41)35-23(2)16-25(36(37)38)17-24(35)3/h4-21,36H,1-3H3. The summed E-state index contributed by atoms with van der Waals surface area (Å²) >= 11 is 0. The van der Waals surface area contributed by atoms with E-state index in [1.165, 1.54) is 0 Å². The zero-order chi connectivity index (χ0) is 29.7. The second-order valence-electron chi connectivity index (χ2n) is 10.8. The van der Waals surface area contributed by atoms with E-state index < -0.39 is 6.43 Å². The lowest BCUT2D eigenvalue weighted by atomic mass is 9.95. The minimum atomic E-state index is -2.50. The van der Waals surface area contributed by atoms with Crippen molar-refractivity contribution in [2.24, 2.45) is 0 Å². The van der Waals surface area contributed by atoms with E-state index in [2.05, 4.69) is 45.8 Å². The van der Waals surface area contributed by atoms with Crippen LogP contribution in [0.3, 0.4) is 0 Å². The first kappa shape index (κ1) is 26.6. The molecule has 0 aliphatic heterocycles. The molecule has 0 unspecified atom stereocenters. The van der Waals surface area contributed by atoms with Crippen molar-refractivity contribution in [2.75, 3.05) is 0 Å². The van der Waals surface area contributed by atoms with Crippen molar-refractivity contribution in [1.29, 1.82) is 0 Å². The quantitative estimate of drug-likeness (QED) is 0.200. The van der Waals surface area contributed by atoms with Gasteiger partial charge in [-0.3, -0.25) is 4.57 Å². The summed E-state index contributed by atoms with van der Waals surface area (Å²) in [7, 11) is 0. The van der Waals surface area contributed by atoms with Crippen LogP contribution in [0.4, 0.5) is 8.78 Å². The predicted octanol–water partition coefficient (Wildman–Crippen LogP) is 9.69. The van der Waals surface area contributed by atoms with Gasteiger partial charge in [-0.15, -0.1) is 0 Å². The maximum absolute atomic E-state index is 13.3. The smallest absolute Gasteiger partial charge is 0.263 e. The summed E-state index contributed by atoms with van der Waals surface area (Å²) in [6.07, 6.45) is 3.01. The maximum atomic E-state index is 13.3. The molecule has 0 bridgehead atoms. The van der Waals surface area contributed by atoms with Gasteiger partial charge in [-0.2, -0.15) is 5.10 Å². The normalized spacial score (nSPS) is 11.6. The van der Waals surface area contributed by atoms with Crippen molar-refractivity contribution in [3.8, 4) is 34.1 Å². The number of halogens is 2. The summed E-state index contributed by atoms with van der Waals surface area (Å²) in [5.74, 6) is 2.22. The molecule has 3 heterocycles. The van der Waals surface area contributed by atoms with Gasteiger partial charge in [0.15, 0.2) is 0 Å². The number of aryl methyl sites for hydroxylation is 3. The Balaban J connectivity index is 1.23. The molecule has 3 aromatic heterocycles. The molecule has 0 amide bonds. The zero-order valence-electron chi connectivity index (χ0n) is 23.9. The molecule has 0 N–H and O–H groups in total. The molecule has 4 aromatic carbocycles. The van der Waals surface area contributed by atoms with Crippen LogP contribution in [0.5, 0.6) is 11.5 Å². The van der Waals surface area contributed by atoms with Gasteiger partial charge in [-0.25, -0.2) is 18.4 Å². The van der Waals surface area contributed by atoms with E-state index in [0.717, 1.165) is 61.1 Å². The van der Waals surface area contributed by atoms with Crippen LogP contribution in [0.1, 0.15) is 28.7 Å². The van der Waals surface area contributed by atoms with E-state index in [0.29, 0.717) is 11.5 Å². The number of nitrogens with zero attached hydrogens (tertiary/aromatic N) is 4. The molecule has 0 fully saturated rings. The van der Waals surface area contributed by atoms with Crippen LogP contribution in [0, 0.1) is 20.8 Å².